The van der Waals surface area contributed by atoms with E-state index in [1.54, 1.807) is 0 Å². The summed E-state index contributed by atoms with van der Waals surface area (Å²) in [5.74, 6) is 0.911. The molecule has 0 unspecified atom stereocenters. The summed E-state index contributed by atoms with van der Waals surface area (Å²) in [5.41, 5.74) is 12.4. The molecule has 0 aliphatic carbocycles. The molecular weight excluding hydrogens is 748 g/mol. The van der Waals surface area contributed by atoms with Crippen LogP contribution in [0.5, 0.6) is 0 Å². The van der Waals surface area contributed by atoms with Gasteiger partial charge in [0.05, 0.1) is 11.0 Å². The molecule has 0 saturated heterocycles. The van der Waals surface area contributed by atoms with E-state index >= 15 is 0 Å². The predicted octanol–water partition coefficient (Wildman–Crippen LogP) is 8.89. The van der Waals surface area contributed by atoms with Crippen LogP contribution in [0.25, 0.3) is 77.7 Å². The maximum atomic E-state index is 5.13. The van der Waals surface area contributed by atoms with E-state index in [1.807, 2.05) is 0 Å². The molecule has 6 nitrogen and oxygen atoms in total. The van der Waals surface area contributed by atoms with Gasteiger partial charge in [-0.05, 0) is 18.2 Å². The molecule has 0 N–H and O–H groups in total. The number of benzene rings is 6. The fourth-order valence-corrected chi connectivity index (χ4v) is 8.10. The van der Waals surface area contributed by atoms with Crippen LogP contribution in [0.15, 0.2) is 140 Å². The van der Waals surface area contributed by atoms with Gasteiger partial charge in [0, 0.05) is 0 Å². The Balaban J connectivity index is 1.26. The van der Waals surface area contributed by atoms with Crippen LogP contribution in [0.2, 0.25) is 0 Å². The minimum atomic E-state index is 0.911. The van der Waals surface area contributed by atoms with Crippen LogP contribution in [0.4, 0.5) is 0 Å². The molecule has 0 bridgehead atoms. The quantitative estimate of drug-likeness (QED) is 0.177. The number of aromatic nitrogens is 6. The predicted molar refractivity (Wildman–Crippen MR) is 183 cm³/mol. The molecular formula is C39H26N6Pt. The van der Waals surface area contributed by atoms with Crippen molar-refractivity contribution in [3.8, 4) is 17.1 Å². The number of aryl methyl sites for hydroxylation is 1. The van der Waals surface area contributed by atoms with Gasteiger partial charge in [0.2, 0.25) is 0 Å². The molecule has 222 valence electrons. The second-order valence-electron chi connectivity index (χ2n) is 11.8. The van der Waals surface area contributed by atoms with Gasteiger partial charge in [0.25, 0.3) is 0 Å². The normalized spacial score (nSPS) is 12.2. The first-order chi connectivity index (χ1) is 22.7. The second kappa shape index (κ2) is 9.52. The molecule has 10 aromatic rings. The summed E-state index contributed by atoms with van der Waals surface area (Å²) in [6.07, 6.45) is 0. The molecule has 0 aliphatic rings. The Morgan fingerprint density at radius 3 is 1.85 bits per heavy atom. The van der Waals surface area contributed by atoms with Crippen molar-refractivity contribution in [2.75, 3.05) is 0 Å². The zero-order valence-electron chi connectivity index (χ0n) is 24.8. The fraction of sp³-hybridized carbons (Fsp3) is 0.0256. The third-order valence-corrected chi connectivity index (χ3v) is 10.5. The van der Waals surface area contributed by atoms with Crippen LogP contribution in [0.3, 0.4) is 0 Å². The van der Waals surface area contributed by atoms with E-state index in [1.165, 1.54) is 27.3 Å². The molecule has 46 heavy (non-hydrogen) atoms. The fourth-order valence-electron chi connectivity index (χ4n) is 7.26. The molecule has 6 aromatic carbocycles. The van der Waals surface area contributed by atoms with Crippen molar-refractivity contribution in [2.45, 2.75) is 0 Å². The number of nitrogens with zero attached hydrogens (tertiary/aromatic N) is 6. The third-order valence-electron chi connectivity index (χ3n) is 9.28. The average molecular weight is 774 g/mol. The summed E-state index contributed by atoms with van der Waals surface area (Å²) in [5, 5.41) is 2.45. The second-order valence-corrected chi connectivity index (χ2v) is 12.8. The third kappa shape index (κ3) is 3.45. The summed E-state index contributed by atoms with van der Waals surface area (Å²) >= 11 is 2.43. The van der Waals surface area contributed by atoms with E-state index in [0.29, 0.717) is 0 Å². The molecule has 0 saturated carbocycles. The number of imidazole rings is 3. The van der Waals surface area contributed by atoms with Gasteiger partial charge in [-0.1, -0.05) is 24.3 Å². The number of para-hydroxylation sites is 7. The summed E-state index contributed by atoms with van der Waals surface area (Å²) in [7, 11) is 2.13. The minimum absolute atomic E-state index is 0.911. The standard InChI is InChI=1S/C39H26N6.Pt/c1-41-25-42(35-18-7-6-17-34(35)41)26-11-10-12-27(23-26)43-32-15-4-2-13-29(32)30-22-21-28(24-38(30)43)44-36-19-8-9-20-37(36)45-33-16-5-3-14-31(33)40-39(44)45;/h2-24H,1H3;. The van der Waals surface area contributed by atoms with E-state index in [-0.39, 0.29) is 0 Å². The first-order valence-corrected chi connectivity index (χ1v) is 16.4. The first kappa shape index (κ1) is 25.8. The molecule has 0 amide bonds. The van der Waals surface area contributed by atoms with Gasteiger partial charge in [0.1, 0.15) is 0 Å². The maximum absolute atomic E-state index is 5.13. The van der Waals surface area contributed by atoms with Gasteiger partial charge >= 0.3 is 222 Å². The topological polar surface area (TPSA) is 37.0 Å². The van der Waals surface area contributed by atoms with E-state index < -0.39 is 0 Å². The first-order valence-electron chi connectivity index (χ1n) is 15.3. The van der Waals surface area contributed by atoms with Crippen LogP contribution in [0, 0.1) is 3.80 Å². The molecule has 0 radical (unpaired) electrons. The molecule has 4 heterocycles. The van der Waals surface area contributed by atoms with E-state index in [0.717, 1.165) is 54.2 Å². The Labute approximate surface area is 274 Å². The van der Waals surface area contributed by atoms with Gasteiger partial charge < -0.3 is 0 Å². The van der Waals surface area contributed by atoms with Gasteiger partial charge in [0.15, 0.2) is 0 Å². The number of fused-ring (bicyclic) bond motifs is 9. The van der Waals surface area contributed by atoms with Crippen molar-refractivity contribution >= 4 is 60.7 Å². The van der Waals surface area contributed by atoms with Crippen molar-refractivity contribution < 1.29 is 19.4 Å². The van der Waals surface area contributed by atoms with Crippen molar-refractivity contribution in [3.63, 3.8) is 0 Å². The SMILES string of the molecule is Cn1[c](=[Pt])n(-c2cccc(-n3c4ccccc4c4ccc(-n5c6ccccc6n6c7ccccc7nc56)cc43)c2)c2ccccc21. The van der Waals surface area contributed by atoms with Crippen molar-refractivity contribution in [1.29, 1.82) is 0 Å². The number of hydrogen-bond acceptors (Lipinski definition) is 1. The molecule has 10 rings (SSSR count). The number of hydrogen-bond donors (Lipinski definition) is 0. The van der Waals surface area contributed by atoms with Crippen LogP contribution in [-0.4, -0.2) is 27.7 Å². The van der Waals surface area contributed by atoms with Gasteiger partial charge in [-0.25, -0.2) is 0 Å². The van der Waals surface area contributed by atoms with Crippen LogP contribution >= 0.6 is 0 Å². The van der Waals surface area contributed by atoms with E-state index in [4.69, 9.17) is 4.98 Å². The monoisotopic (exact) mass is 773 g/mol. The van der Waals surface area contributed by atoms with Crippen LogP contribution in [0.1, 0.15) is 0 Å². The van der Waals surface area contributed by atoms with E-state index in [2.05, 4.69) is 189 Å². The molecule has 0 atom stereocenters. The van der Waals surface area contributed by atoms with Gasteiger partial charge in [-0.3, -0.25) is 0 Å². The Bertz CT molecular complexity index is 2910. The van der Waals surface area contributed by atoms with Crippen molar-refractivity contribution in [2.24, 2.45) is 7.05 Å². The zero-order chi connectivity index (χ0) is 30.5. The Kier molecular flexibility index (Phi) is 5.35. The van der Waals surface area contributed by atoms with Crippen LogP contribution in [-0.2, 0) is 26.4 Å². The summed E-state index contributed by atoms with van der Waals surface area (Å²) < 4.78 is 12.7. The molecule has 0 aliphatic heterocycles. The Morgan fingerprint density at radius 2 is 1.04 bits per heavy atom. The number of rotatable bonds is 3. The molecule has 4 aromatic heterocycles. The average Bonchev–Trinajstić information content (AvgIpc) is 3.80. The molecule has 0 fully saturated rings. The molecule has 0 spiro atoms. The Morgan fingerprint density at radius 1 is 0.457 bits per heavy atom. The van der Waals surface area contributed by atoms with Gasteiger partial charge in [-0.15, -0.1) is 0 Å². The molecule has 7 heteroatoms. The summed E-state index contributed by atoms with van der Waals surface area (Å²) in [4.78, 5) is 5.13. The van der Waals surface area contributed by atoms with Crippen molar-refractivity contribution in [1.82, 2.24) is 27.7 Å². The summed E-state index contributed by atoms with van der Waals surface area (Å²) in [6, 6.07) is 49.9. The summed E-state index contributed by atoms with van der Waals surface area (Å²) in [6.45, 7) is 0. The van der Waals surface area contributed by atoms with E-state index in [9.17, 15) is 0 Å². The Hall–Kier alpha value is -5.45. The van der Waals surface area contributed by atoms with Gasteiger partial charge in [-0.2, -0.15) is 0 Å². The zero-order valence-corrected chi connectivity index (χ0v) is 27.1. The van der Waals surface area contributed by atoms with Crippen LogP contribution < -0.4 is 0 Å². The van der Waals surface area contributed by atoms with Crippen molar-refractivity contribution in [3.05, 3.63) is 143 Å².